The highest BCUT2D eigenvalue weighted by Gasteiger charge is 2.08. The van der Waals surface area contributed by atoms with Gasteiger partial charge in [-0.2, -0.15) is 0 Å². The van der Waals surface area contributed by atoms with Crippen LogP contribution in [0.15, 0.2) is 18.2 Å². The molecule has 0 saturated heterocycles. The maximum Gasteiger partial charge on any atom is 0.0468 e. The predicted molar refractivity (Wildman–Crippen MR) is 66.3 cm³/mol. The van der Waals surface area contributed by atoms with Gasteiger partial charge in [0, 0.05) is 29.1 Å². The molecule has 1 atom stereocenters. The molecule has 80 valence electrons. The Kier molecular flexibility index (Phi) is 4.98. The Labute approximate surface area is 101 Å². The van der Waals surface area contributed by atoms with Crippen molar-refractivity contribution in [1.82, 2.24) is 5.32 Å². The Morgan fingerprint density at radius 2 is 2.20 bits per heavy atom. The fraction of sp³-hybridized carbons (Fsp3) is 0.333. The van der Waals surface area contributed by atoms with E-state index in [1.165, 1.54) is 0 Å². The van der Waals surface area contributed by atoms with E-state index in [1.807, 2.05) is 19.1 Å². The Morgan fingerprint density at radius 3 is 2.80 bits per heavy atom. The van der Waals surface area contributed by atoms with Gasteiger partial charge in [-0.15, -0.1) is 12.3 Å². The predicted octanol–water partition coefficient (Wildman–Crippen LogP) is 3.67. The van der Waals surface area contributed by atoms with Crippen molar-refractivity contribution < 1.29 is 0 Å². The van der Waals surface area contributed by atoms with E-state index in [-0.39, 0.29) is 6.04 Å². The second-order valence-corrected chi connectivity index (χ2v) is 4.14. The normalized spacial score (nSPS) is 12.1. The third-order valence-corrected chi connectivity index (χ3v) is 2.71. The average molecular weight is 242 g/mol. The first-order valence-corrected chi connectivity index (χ1v) is 5.52. The molecule has 0 aliphatic rings. The standard InChI is InChI=1S/C12H13Cl2N/c1-3-4-7-15-9(2)11-6-5-10(13)8-12(11)14/h1,5-6,8-9,15H,4,7H2,2H3. The monoisotopic (exact) mass is 241 g/mol. The molecule has 15 heavy (non-hydrogen) atoms. The van der Waals surface area contributed by atoms with Crippen LogP contribution >= 0.6 is 23.2 Å². The number of hydrogen-bond acceptors (Lipinski definition) is 1. The van der Waals surface area contributed by atoms with Crippen LogP contribution in [0.25, 0.3) is 0 Å². The van der Waals surface area contributed by atoms with Crippen LogP contribution in [-0.4, -0.2) is 6.54 Å². The van der Waals surface area contributed by atoms with Crippen LogP contribution in [0.1, 0.15) is 24.9 Å². The van der Waals surface area contributed by atoms with Gasteiger partial charge >= 0.3 is 0 Å². The minimum Gasteiger partial charge on any atom is -0.309 e. The summed E-state index contributed by atoms with van der Waals surface area (Å²) >= 11 is 11.9. The quantitative estimate of drug-likeness (QED) is 0.627. The van der Waals surface area contributed by atoms with Crippen molar-refractivity contribution in [3.8, 4) is 12.3 Å². The number of benzene rings is 1. The van der Waals surface area contributed by atoms with E-state index < -0.39 is 0 Å². The lowest BCUT2D eigenvalue weighted by molar-refractivity contribution is 0.584. The van der Waals surface area contributed by atoms with Crippen molar-refractivity contribution in [2.45, 2.75) is 19.4 Å². The number of nitrogens with one attached hydrogen (secondary N) is 1. The SMILES string of the molecule is C#CCCNC(C)c1ccc(Cl)cc1Cl. The minimum atomic E-state index is 0.183. The van der Waals surface area contributed by atoms with Crippen molar-refractivity contribution >= 4 is 23.2 Å². The summed E-state index contributed by atoms with van der Waals surface area (Å²) in [4.78, 5) is 0. The van der Waals surface area contributed by atoms with E-state index >= 15 is 0 Å². The zero-order chi connectivity index (χ0) is 11.3. The van der Waals surface area contributed by atoms with Gasteiger partial charge in [-0.3, -0.25) is 0 Å². The van der Waals surface area contributed by atoms with Gasteiger partial charge in [0.05, 0.1) is 0 Å². The summed E-state index contributed by atoms with van der Waals surface area (Å²) in [6.45, 7) is 2.84. The zero-order valence-electron chi connectivity index (χ0n) is 8.56. The molecule has 0 saturated carbocycles. The smallest absolute Gasteiger partial charge is 0.0468 e. The van der Waals surface area contributed by atoms with Gasteiger partial charge in [0.25, 0.3) is 0 Å². The van der Waals surface area contributed by atoms with Crippen LogP contribution in [0.3, 0.4) is 0 Å². The molecule has 0 radical (unpaired) electrons. The Hall–Kier alpha value is -0.680. The van der Waals surface area contributed by atoms with E-state index in [9.17, 15) is 0 Å². The Balaban J connectivity index is 2.66. The number of halogens is 2. The van der Waals surface area contributed by atoms with E-state index in [4.69, 9.17) is 29.6 Å². The molecule has 1 nitrogen and oxygen atoms in total. The number of hydrogen-bond donors (Lipinski definition) is 1. The summed E-state index contributed by atoms with van der Waals surface area (Å²) in [5.74, 6) is 2.58. The third-order valence-electron chi connectivity index (χ3n) is 2.15. The molecule has 1 unspecified atom stereocenters. The highest BCUT2D eigenvalue weighted by atomic mass is 35.5. The first kappa shape index (κ1) is 12.4. The minimum absolute atomic E-state index is 0.183. The van der Waals surface area contributed by atoms with Gasteiger partial charge in [-0.25, -0.2) is 0 Å². The fourth-order valence-corrected chi connectivity index (χ4v) is 1.90. The molecule has 1 aromatic carbocycles. The van der Waals surface area contributed by atoms with Crippen molar-refractivity contribution in [2.24, 2.45) is 0 Å². The van der Waals surface area contributed by atoms with Gasteiger partial charge in [0.1, 0.15) is 0 Å². The summed E-state index contributed by atoms with van der Waals surface area (Å²) in [6, 6.07) is 5.70. The van der Waals surface area contributed by atoms with E-state index in [2.05, 4.69) is 11.2 Å². The van der Waals surface area contributed by atoms with Crippen molar-refractivity contribution in [3.63, 3.8) is 0 Å². The van der Waals surface area contributed by atoms with Gasteiger partial charge < -0.3 is 5.32 Å². The molecular weight excluding hydrogens is 229 g/mol. The second kappa shape index (κ2) is 6.02. The van der Waals surface area contributed by atoms with Crippen LogP contribution in [-0.2, 0) is 0 Å². The van der Waals surface area contributed by atoms with Crippen molar-refractivity contribution in [2.75, 3.05) is 6.54 Å². The maximum absolute atomic E-state index is 6.07. The topological polar surface area (TPSA) is 12.0 Å². The summed E-state index contributed by atoms with van der Waals surface area (Å²) < 4.78 is 0. The molecule has 0 aliphatic carbocycles. The van der Waals surface area contributed by atoms with Gasteiger partial charge in [-0.1, -0.05) is 29.3 Å². The zero-order valence-corrected chi connectivity index (χ0v) is 10.1. The summed E-state index contributed by atoms with van der Waals surface area (Å²) in [6.07, 6.45) is 5.89. The molecule has 1 aromatic rings. The van der Waals surface area contributed by atoms with E-state index in [1.54, 1.807) is 6.07 Å². The lowest BCUT2D eigenvalue weighted by Gasteiger charge is -2.14. The second-order valence-electron chi connectivity index (χ2n) is 3.30. The third kappa shape index (κ3) is 3.76. The van der Waals surface area contributed by atoms with Crippen LogP contribution < -0.4 is 5.32 Å². The summed E-state index contributed by atoms with van der Waals surface area (Å²) in [5.41, 5.74) is 1.04. The van der Waals surface area contributed by atoms with Gasteiger partial charge in [-0.05, 0) is 24.6 Å². The van der Waals surface area contributed by atoms with E-state index in [0.29, 0.717) is 10.0 Å². The van der Waals surface area contributed by atoms with Crippen LogP contribution in [0.2, 0.25) is 10.0 Å². The fourth-order valence-electron chi connectivity index (χ4n) is 1.32. The lowest BCUT2D eigenvalue weighted by Crippen LogP contribution is -2.19. The molecule has 0 aliphatic heterocycles. The number of terminal acetylenes is 1. The molecule has 0 fully saturated rings. The molecule has 0 heterocycles. The molecule has 0 amide bonds. The van der Waals surface area contributed by atoms with Crippen molar-refractivity contribution in [1.29, 1.82) is 0 Å². The average Bonchev–Trinajstić information content (AvgIpc) is 2.17. The van der Waals surface area contributed by atoms with Gasteiger partial charge in [0.15, 0.2) is 0 Å². The van der Waals surface area contributed by atoms with Crippen molar-refractivity contribution in [3.05, 3.63) is 33.8 Å². The van der Waals surface area contributed by atoms with Gasteiger partial charge in [0.2, 0.25) is 0 Å². The molecule has 3 heteroatoms. The van der Waals surface area contributed by atoms with Crippen LogP contribution in [0, 0.1) is 12.3 Å². The summed E-state index contributed by atoms with van der Waals surface area (Å²) in [7, 11) is 0. The van der Waals surface area contributed by atoms with Crippen LogP contribution in [0.5, 0.6) is 0 Å². The molecule has 1 rings (SSSR count). The molecule has 0 bridgehead atoms. The Bertz CT molecular complexity index is 368. The number of rotatable bonds is 4. The Morgan fingerprint density at radius 1 is 1.47 bits per heavy atom. The van der Waals surface area contributed by atoms with E-state index in [0.717, 1.165) is 18.5 Å². The molecular formula is C12H13Cl2N. The molecule has 0 aromatic heterocycles. The summed E-state index contributed by atoms with van der Waals surface area (Å²) in [5, 5.41) is 4.63. The maximum atomic E-state index is 6.07. The van der Waals surface area contributed by atoms with Crippen LogP contribution in [0.4, 0.5) is 0 Å². The first-order chi connectivity index (χ1) is 7.15. The highest BCUT2D eigenvalue weighted by Crippen LogP contribution is 2.25. The molecule has 1 N–H and O–H groups in total. The lowest BCUT2D eigenvalue weighted by atomic mass is 10.1. The molecule has 0 spiro atoms. The largest absolute Gasteiger partial charge is 0.309 e. The first-order valence-electron chi connectivity index (χ1n) is 4.77. The highest BCUT2D eigenvalue weighted by molar-refractivity contribution is 6.35.